The zero-order chi connectivity index (χ0) is 10.4. The molecule has 0 aromatic heterocycles. The van der Waals surface area contributed by atoms with Crippen LogP contribution in [0.4, 0.5) is 0 Å². The zero-order valence-electron chi connectivity index (χ0n) is 9.33. The summed E-state index contributed by atoms with van der Waals surface area (Å²) >= 11 is 0. The summed E-state index contributed by atoms with van der Waals surface area (Å²) in [6.07, 6.45) is 5.18. The third-order valence-corrected chi connectivity index (χ3v) is 2.66. The van der Waals surface area contributed by atoms with Gasteiger partial charge in [-0.15, -0.1) is 0 Å². The molecule has 0 saturated heterocycles. The first kappa shape index (κ1) is 12.0. The Morgan fingerprint density at radius 1 is 1.43 bits per heavy atom. The molecule has 0 aromatic rings. The molecular formula is C11H23NO2. The quantitative estimate of drug-likeness (QED) is 0.652. The largest absolute Gasteiger partial charge is 0.395 e. The highest BCUT2D eigenvalue weighted by Gasteiger charge is 2.18. The molecule has 1 rings (SSSR count). The monoisotopic (exact) mass is 201 g/mol. The first-order valence-electron chi connectivity index (χ1n) is 5.71. The van der Waals surface area contributed by atoms with E-state index < -0.39 is 0 Å². The molecule has 1 unspecified atom stereocenters. The van der Waals surface area contributed by atoms with E-state index in [1.165, 1.54) is 19.3 Å². The molecule has 14 heavy (non-hydrogen) atoms. The summed E-state index contributed by atoms with van der Waals surface area (Å²) < 4.78 is 5.64. The highest BCUT2D eigenvalue weighted by molar-refractivity contribution is 4.71. The van der Waals surface area contributed by atoms with Gasteiger partial charge in [0, 0.05) is 18.7 Å². The van der Waals surface area contributed by atoms with Gasteiger partial charge < -0.3 is 15.2 Å². The van der Waals surface area contributed by atoms with Gasteiger partial charge in [0.05, 0.1) is 12.7 Å². The second kappa shape index (κ2) is 6.38. The molecule has 0 aromatic carbocycles. The molecule has 1 saturated carbocycles. The molecule has 1 aliphatic carbocycles. The number of aliphatic hydroxyl groups excluding tert-OH is 1. The fraction of sp³-hybridized carbons (Fsp3) is 1.00. The number of hydrogen-bond donors (Lipinski definition) is 2. The van der Waals surface area contributed by atoms with Gasteiger partial charge in [-0.3, -0.25) is 0 Å². The van der Waals surface area contributed by atoms with Crippen molar-refractivity contribution in [2.45, 2.75) is 57.7 Å². The molecule has 1 aliphatic rings. The number of aliphatic hydroxyl groups is 1. The van der Waals surface area contributed by atoms with Crippen LogP contribution in [0.2, 0.25) is 0 Å². The van der Waals surface area contributed by atoms with Crippen LogP contribution in [-0.2, 0) is 4.74 Å². The van der Waals surface area contributed by atoms with Crippen molar-refractivity contribution < 1.29 is 9.84 Å². The Morgan fingerprint density at radius 2 is 2.14 bits per heavy atom. The average molecular weight is 201 g/mol. The van der Waals surface area contributed by atoms with E-state index in [0.717, 1.165) is 13.0 Å². The van der Waals surface area contributed by atoms with Gasteiger partial charge in [0.2, 0.25) is 0 Å². The van der Waals surface area contributed by atoms with Crippen molar-refractivity contribution in [3.05, 3.63) is 0 Å². The summed E-state index contributed by atoms with van der Waals surface area (Å²) in [5, 5.41) is 12.4. The Hall–Kier alpha value is -0.120. The third kappa shape index (κ3) is 4.40. The fourth-order valence-electron chi connectivity index (χ4n) is 1.61. The first-order valence-corrected chi connectivity index (χ1v) is 5.71. The number of nitrogens with one attached hydrogen (secondary N) is 1. The predicted octanol–water partition coefficient (Wildman–Crippen LogP) is 1.30. The van der Waals surface area contributed by atoms with Crippen LogP contribution in [-0.4, -0.2) is 36.5 Å². The van der Waals surface area contributed by atoms with Crippen molar-refractivity contribution in [1.29, 1.82) is 0 Å². The highest BCUT2D eigenvalue weighted by atomic mass is 16.5. The molecule has 3 nitrogen and oxygen atoms in total. The molecule has 3 heteroatoms. The lowest BCUT2D eigenvalue weighted by Gasteiger charge is -2.27. The van der Waals surface area contributed by atoms with E-state index in [1.807, 2.05) is 0 Å². The van der Waals surface area contributed by atoms with Crippen LogP contribution < -0.4 is 5.32 Å². The Kier molecular flexibility index (Phi) is 5.45. The van der Waals surface area contributed by atoms with E-state index in [2.05, 4.69) is 19.2 Å². The summed E-state index contributed by atoms with van der Waals surface area (Å²) in [7, 11) is 0. The van der Waals surface area contributed by atoms with Crippen molar-refractivity contribution in [1.82, 2.24) is 5.32 Å². The summed E-state index contributed by atoms with van der Waals surface area (Å²) in [6, 6.07) is 0.617. The zero-order valence-corrected chi connectivity index (χ0v) is 9.33. The van der Waals surface area contributed by atoms with Crippen molar-refractivity contribution in [3.63, 3.8) is 0 Å². The van der Waals surface area contributed by atoms with Crippen LogP contribution in [0.1, 0.15) is 39.5 Å². The molecule has 84 valence electrons. The van der Waals surface area contributed by atoms with Crippen molar-refractivity contribution in [3.8, 4) is 0 Å². The van der Waals surface area contributed by atoms with Crippen LogP contribution in [0.25, 0.3) is 0 Å². The van der Waals surface area contributed by atoms with Crippen LogP contribution in [0.5, 0.6) is 0 Å². The first-order chi connectivity index (χ1) is 6.72. The maximum atomic E-state index is 9.09. The van der Waals surface area contributed by atoms with Crippen LogP contribution in [0, 0.1) is 0 Å². The van der Waals surface area contributed by atoms with Gasteiger partial charge in [-0.05, 0) is 25.7 Å². The topological polar surface area (TPSA) is 41.5 Å². The number of ether oxygens (including phenoxy) is 1. The van der Waals surface area contributed by atoms with E-state index in [4.69, 9.17) is 9.84 Å². The lowest BCUT2D eigenvalue weighted by Crippen LogP contribution is -2.38. The second-order valence-electron chi connectivity index (χ2n) is 4.41. The Bertz CT molecular complexity index is 146. The second-order valence-corrected chi connectivity index (χ2v) is 4.41. The lowest BCUT2D eigenvalue weighted by molar-refractivity contribution is -0.00399. The van der Waals surface area contributed by atoms with Gasteiger partial charge in [-0.1, -0.05) is 13.8 Å². The number of rotatable bonds is 7. The Balaban J connectivity index is 2.01. The molecule has 0 radical (unpaired) electrons. The van der Waals surface area contributed by atoms with Crippen molar-refractivity contribution in [2.24, 2.45) is 0 Å². The summed E-state index contributed by atoms with van der Waals surface area (Å²) in [6.45, 7) is 5.16. The minimum absolute atomic E-state index is 0.190. The molecule has 0 spiro atoms. The molecule has 0 heterocycles. The summed E-state index contributed by atoms with van der Waals surface area (Å²) in [5.41, 5.74) is 0. The Morgan fingerprint density at radius 3 is 2.57 bits per heavy atom. The molecule has 0 aliphatic heterocycles. The SMILES string of the molecule is CC(C)NC(CO)CCOC1CCC1. The van der Waals surface area contributed by atoms with E-state index >= 15 is 0 Å². The molecule has 1 fully saturated rings. The lowest BCUT2D eigenvalue weighted by atomic mass is 9.96. The maximum Gasteiger partial charge on any atom is 0.0585 e. The third-order valence-electron chi connectivity index (χ3n) is 2.66. The molecule has 2 N–H and O–H groups in total. The van der Waals surface area contributed by atoms with Gasteiger partial charge in [-0.2, -0.15) is 0 Å². The number of hydrogen-bond acceptors (Lipinski definition) is 3. The molecule has 0 bridgehead atoms. The van der Waals surface area contributed by atoms with Gasteiger partial charge >= 0.3 is 0 Å². The van der Waals surface area contributed by atoms with E-state index in [1.54, 1.807) is 0 Å². The minimum Gasteiger partial charge on any atom is -0.395 e. The van der Waals surface area contributed by atoms with Crippen LogP contribution in [0.15, 0.2) is 0 Å². The van der Waals surface area contributed by atoms with E-state index in [9.17, 15) is 0 Å². The molecule has 0 amide bonds. The van der Waals surface area contributed by atoms with Crippen LogP contribution in [0.3, 0.4) is 0 Å². The standard InChI is InChI=1S/C11H23NO2/c1-9(2)12-10(8-13)6-7-14-11-4-3-5-11/h9-13H,3-8H2,1-2H3. The average Bonchev–Trinajstić information content (AvgIpc) is 2.06. The summed E-state index contributed by atoms with van der Waals surface area (Å²) in [5.74, 6) is 0. The van der Waals surface area contributed by atoms with Crippen molar-refractivity contribution in [2.75, 3.05) is 13.2 Å². The van der Waals surface area contributed by atoms with Crippen LogP contribution >= 0.6 is 0 Å². The Labute approximate surface area is 86.8 Å². The van der Waals surface area contributed by atoms with Crippen molar-refractivity contribution >= 4 is 0 Å². The fourth-order valence-corrected chi connectivity index (χ4v) is 1.61. The molecule has 1 atom stereocenters. The van der Waals surface area contributed by atoms with Gasteiger partial charge in [0.15, 0.2) is 0 Å². The van der Waals surface area contributed by atoms with Gasteiger partial charge in [0.25, 0.3) is 0 Å². The van der Waals surface area contributed by atoms with E-state index in [-0.39, 0.29) is 12.6 Å². The summed E-state index contributed by atoms with van der Waals surface area (Å²) in [4.78, 5) is 0. The predicted molar refractivity (Wildman–Crippen MR) is 57.4 cm³/mol. The minimum atomic E-state index is 0.190. The maximum absolute atomic E-state index is 9.09. The normalized spacial score (nSPS) is 19.7. The molecular weight excluding hydrogens is 178 g/mol. The smallest absolute Gasteiger partial charge is 0.0585 e. The highest BCUT2D eigenvalue weighted by Crippen LogP contribution is 2.21. The van der Waals surface area contributed by atoms with Gasteiger partial charge in [-0.25, -0.2) is 0 Å². The van der Waals surface area contributed by atoms with E-state index in [0.29, 0.717) is 12.1 Å². The van der Waals surface area contributed by atoms with Gasteiger partial charge in [0.1, 0.15) is 0 Å².